The molecular weight excluding hydrogens is 452 g/mol. The number of hydrogen-bond acceptors (Lipinski definition) is 3. The summed E-state index contributed by atoms with van der Waals surface area (Å²) in [5, 5.41) is 12.8. The fraction of sp³-hybridized carbons (Fsp3) is 0.278. The molecular formula is C18H18Br2N2OS. The maximum atomic E-state index is 11.6. The van der Waals surface area contributed by atoms with Crippen molar-refractivity contribution in [1.29, 1.82) is 0 Å². The molecule has 2 heterocycles. The van der Waals surface area contributed by atoms with E-state index in [0.29, 0.717) is 6.54 Å². The van der Waals surface area contributed by atoms with Crippen molar-refractivity contribution in [3.05, 3.63) is 64.6 Å². The molecule has 0 saturated heterocycles. The number of aliphatic hydroxyl groups is 1. The largest absolute Gasteiger partial charge is 1.00 e. The van der Waals surface area contributed by atoms with Crippen LogP contribution in [0.15, 0.2) is 59.1 Å². The van der Waals surface area contributed by atoms with Crippen LogP contribution >= 0.6 is 27.7 Å². The van der Waals surface area contributed by atoms with Gasteiger partial charge in [0.1, 0.15) is 5.69 Å². The number of anilines is 1. The Morgan fingerprint density at radius 2 is 1.79 bits per heavy atom. The molecule has 1 unspecified atom stereocenters. The summed E-state index contributed by atoms with van der Waals surface area (Å²) in [5.41, 5.74) is 0.929. The predicted molar refractivity (Wildman–Crippen MR) is 99.0 cm³/mol. The van der Waals surface area contributed by atoms with Gasteiger partial charge in [0, 0.05) is 15.8 Å². The van der Waals surface area contributed by atoms with Crippen molar-refractivity contribution >= 4 is 38.5 Å². The van der Waals surface area contributed by atoms with Crippen LogP contribution in [-0.4, -0.2) is 33.7 Å². The number of halogens is 2. The number of rotatable bonds is 2. The minimum absolute atomic E-state index is 0. The molecule has 0 fully saturated rings. The lowest BCUT2D eigenvalue weighted by atomic mass is 10.0. The van der Waals surface area contributed by atoms with Gasteiger partial charge in [0.2, 0.25) is 0 Å². The Balaban J connectivity index is 0.00000169. The number of thioether (sulfide) groups is 1. The lowest BCUT2D eigenvalue weighted by Crippen LogP contribution is -3.00. The lowest BCUT2D eigenvalue weighted by Gasteiger charge is -2.28. The first kappa shape index (κ1) is 18.0. The Kier molecular flexibility index (Phi) is 5.39. The van der Waals surface area contributed by atoms with Crippen LogP contribution in [0.1, 0.15) is 12.0 Å². The smallest absolute Gasteiger partial charge is 0.316 e. The summed E-state index contributed by atoms with van der Waals surface area (Å²) >= 11 is 5.33. The molecule has 0 saturated carbocycles. The highest BCUT2D eigenvalue weighted by molar-refractivity contribution is 9.10. The number of amidine groups is 1. The van der Waals surface area contributed by atoms with Crippen molar-refractivity contribution in [2.24, 2.45) is 0 Å². The Morgan fingerprint density at radius 3 is 2.50 bits per heavy atom. The summed E-state index contributed by atoms with van der Waals surface area (Å²) in [7, 11) is 0. The van der Waals surface area contributed by atoms with Crippen LogP contribution in [0.4, 0.5) is 5.69 Å². The van der Waals surface area contributed by atoms with Crippen molar-refractivity contribution in [2.45, 2.75) is 12.1 Å². The van der Waals surface area contributed by atoms with E-state index in [0.717, 1.165) is 39.6 Å². The van der Waals surface area contributed by atoms with Gasteiger partial charge < -0.3 is 22.1 Å². The molecule has 1 atom stereocenters. The van der Waals surface area contributed by atoms with Crippen molar-refractivity contribution in [3.63, 3.8) is 0 Å². The second-order valence-corrected chi connectivity index (χ2v) is 7.88. The second kappa shape index (κ2) is 7.20. The molecule has 2 aliphatic rings. The van der Waals surface area contributed by atoms with Crippen molar-refractivity contribution in [1.82, 2.24) is 0 Å². The number of hydrogen-bond donors (Lipinski definition) is 1. The molecule has 1 N–H and O–H groups in total. The molecule has 3 nitrogen and oxygen atoms in total. The molecule has 2 aromatic carbocycles. The van der Waals surface area contributed by atoms with Gasteiger partial charge in [0.05, 0.1) is 6.54 Å². The van der Waals surface area contributed by atoms with Crippen LogP contribution in [0.5, 0.6) is 0 Å². The molecule has 6 heteroatoms. The molecule has 2 aromatic rings. The van der Waals surface area contributed by atoms with E-state index in [2.05, 4.69) is 37.5 Å². The third kappa shape index (κ3) is 3.05. The summed E-state index contributed by atoms with van der Waals surface area (Å²) in [4.78, 5) is 2.10. The van der Waals surface area contributed by atoms with Gasteiger partial charge in [-0.05, 0) is 42.4 Å². The highest BCUT2D eigenvalue weighted by atomic mass is 79.9. The summed E-state index contributed by atoms with van der Waals surface area (Å²) in [6.45, 7) is 1.61. The monoisotopic (exact) mass is 468 g/mol. The summed E-state index contributed by atoms with van der Waals surface area (Å²) in [6, 6.07) is 18.2. The number of benzene rings is 2. The van der Waals surface area contributed by atoms with E-state index >= 15 is 0 Å². The van der Waals surface area contributed by atoms with Gasteiger partial charge in [0.25, 0.3) is 5.72 Å². The first-order chi connectivity index (χ1) is 11.2. The Bertz CT molecular complexity index is 751. The van der Waals surface area contributed by atoms with Gasteiger partial charge in [-0.3, -0.25) is 0 Å². The van der Waals surface area contributed by atoms with Crippen molar-refractivity contribution in [2.75, 3.05) is 23.7 Å². The third-order valence-corrected chi connectivity index (χ3v) is 6.09. The average Bonchev–Trinajstić information content (AvgIpc) is 2.90. The van der Waals surface area contributed by atoms with E-state index in [4.69, 9.17) is 0 Å². The molecule has 0 spiro atoms. The Morgan fingerprint density at radius 1 is 1.08 bits per heavy atom. The molecule has 0 aliphatic carbocycles. The fourth-order valence-electron chi connectivity index (χ4n) is 3.29. The van der Waals surface area contributed by atoms with E-state index in [1.807, 2.05) is 54.2 Å². The minimum atomic E-state index is -1.03. The quantitative estimate of drug-likeness (QED) is 0.653. The first-order valence-corrected chi connectivity index (χ1v) is 9.55. The lowest BCUT2D eigenvalue weighted by molar-refractivity contribution is -0.532. The van der Waals surface area contributed by atoms with Gasteiger partial charge >= 0.3 is 5.17 Å². The van der Waals surface area contributed by atoms with Crippen LogP contribution in [0.2, 0.25) is 0 Å². The SMILES string of the molecule is OC1(c2ccccc2)C[N+]2=C(SCCC2)N1c1ccc(Br)cc1.[Br-]. The van der Waals surface area contributed by atoms with Gasteiger partial charge in [-0.1, -0.05) is 46.3 Å². The molecule has 126 valence electrons. The Hall–Kier alpha value is -0.820. The van der Waals surface area contributed by atoms with Crippen LogP contribution in [0.3, 0.4) is 0 Å². The second-order valence-electron chi connectivity index (χ2n) is 5.90. The fourth-order valence-corrected chi connectivity index (χ4v) is 4.74. The highest BCUT2D eigenvalue weighted by Crippen LogP contribution is 2.39. The molecule has 24 heavy (non-hydrogen) atoms. The van der Waals surface area contributed by atoms with Gasteiger partial charge in [0.15, 0.2) is 6.54 Å². The highest BCUT2D eigenvalue weighted by Gasteiger charge is 2.55. The van der Waals surface area contributed by atoms with Crippen molar-refractivity contribution in [3.8, 4) is 0 Å². The van der Waals surface area contributed by atoms with Crippen LogP contribution in [-0.2, 0) is 5.72 Å². The average molecular weight is 470 g/mol. The molecule has 0 radical (unpaired) electrons. The zero-order valence-corrected chi connectivity index (χ0v) is 17.0. The normalized spacial score (nSPS) is 23.0. The van der Waals surface area contributed by atoms with E-state index in [1.54, 1.807) is 0 Å². The molecule has 0 amide bonds. The van der Waals surface area contributed by atoms with Gasteiger partial charge in [-0.25, -0.2) is 4.58 Å². The predicted octanol–water partition coefficient (Wildman–Crippen LogP) is 0.624. The van der Waals surface area contributed by atoms with E-state index in [-0.39, 0.29) is 17.0 Å². The topological polar surface area (TPSA) is 26.5 Å². The van der Waals surface area contributed by atoms with E-state index < -0.39 is 5.72 Å². The molecule has 2 aliphatic heterocycles. The molecule has 0 aromatic heterocycles. The van der Waals surface area contributed by atoms with E-state index in [9.17, 15) is 5.11 Å². The standard InChI is InChI=1S/C18H18BrN2OS.BrH/c19-15-7-9-16(10-8-15)21-17-20(11-4-12-23-17)13-18(21,22)14-5-2-1-3-6-14;/h1-3,5-10,22H,4,11-13H2;1H/q+1;/p-1. The maximum absolute atomic E-state index is 11.6. The maximum Gasteiger partial charge on any atom is 0.316 e. The van der Waals surface area contributed by atoms with Crippen LogP contribution in [0.25, 0.3) is 0 Å². The van der Waals surface area contributed by atoms with Gasteiger partial charge in [-0.15, -0.1) is 0 Å². The summed E-state index contributed by atoms with van der Waals surface area (Å²) < 4.78 is 3.35. The van der Waals surface area contributed by atoms with Crippen LogP contribution in [0, 0.1) is 0 Å². The summed E-state index contributed by atoms with van der Waals surface area (Å²) in [5.74, 6) is 1.10. The van der Waals surface area contributed by atoms with Gasteiger partial charge in [-0.2, -0.15) is 4.90 Å². The van der Waals surface area contributed by atoms with Crippen LogP contribution < -0.4 is 21.9 Å². The molecule has 4 rings (SSSR count). The summed E-state index contributed by atoms with van der Waals surface area (Å²) in [6.07, 6.45) is 1.16. The number of nitrogens with zero attached hydrogens (tertiary/aromatic N) is 2. The molecule has 0 bridgehead atoms. The minimum Gasteiger partial charge on any atom is -1.00 e. The van der Waals surface area contributed by atoms with E-state index in [1.165, 1.54) is 0 Å². The third-order valence-electron chi connectivity index (χ3n) is 4.37. The zero-order chi connectivity index (χ0) is 15.9. The Labute approximate surface area is 165 Å². The first-order valence-electron chi connectivity index (χ1n) is 7.77. The zero-order valence-electron chi connectivity index (χ0n) is 13.0. The van der Waals surface area contributed by atoms with Crippen molar-refractivity contribution < 1.29 is 26.7 Å².